The van der Waals surface area contributed by atoms with Gasteiger partial charge in [-0.05, 0) is 36.8 Å². The average molecular weight is 426 g/mol. The molecule has 162 valence electrons. The van der Waals surface area contributed by atoms with Crippen LogP contribution in [0.4, 0.5) is 0 Å². The number of pyridine rings is 1. The number of carbonyl (C=O) groups excluding carboxylic acids is 2. The van der Waals surface area contributed by atoms with Crippen molar-refractivity contribution < 1.29 is 18.8 Å². The second-order valence-electron chi connectivity index (χ2n) is 8.17. The smallest absolute Gasteiger partial charge is 0.347 e. The van der Waals surface area contributed by atoms with Crippen molar-refractivity contribution >= 4 is 17.5 Å². The molecule has 2 N–H and O–H groups in total. The molecule has 0 bridgehead atoms. The number of fused-ring (bicyclic) bond motifs is 1. The Labute approximate surface area is 176 Å². The van der Waals surface area contributed by atoms with Crippen molar-refractivity contribution in [3.63, 3.8) is 0 Å². The highest BCUT2D eigenvalue weighted by atomic mass is 16.5. The highest BCUT2D eigenvalue weighted by Gasteiger charge is 2.46. The summed E-state index contributed by atoms with van der Waals surface area (Å²) < 4.78 is 11.6. The zero-order valence-electron chi connectivity index (χ0n) is 16.7. The van der Waals surface area contributed by atoms with E-state index in [1.807, 2.05) is 0 Å². The molecule has 5 heterocycles. The van der Waals surface area contributed by atoms with E-state index < -0.39 is 5.69 Å². The van der Waals surface area contributed by atoms with Crippen LogP contribution in [-0.4, -0.2) is 68.8 Å². The Bertz CT molecular complexity index is 1160. The maximum absolute atomic E-state index is 13.4. The Morgan fingerprint density at radius 1 is 1.26 bits per heavy atom. The average Bonchev–Trinajstić information content (AvgIpc) is 3.52. The number of aromatic nitrogens is 4. The fourth-order valence-electron chi connectivity index (χ4n) is 4.58. The van der Waals surface area contributed by atoms with Gasteiger partial charge < -0.3 is 19.5 Å². The Kier molecular flexibility index (Phi) is 4.81. The van der Waals surface area contributed by atoms with Crippen LogP contribution in [0.2, 0.25) is 0 Å². The van der Waals surface area contributed by atoms with Gasteiger partial charge in [-0.25, -0.2) is 14.3 Å². The number of amides is 2. The van der Waals surface area contributed by atoms with Crippen LogP contribution < -0.4 is 11.0 Å². The first kappa shape index (κ1) is 19.5. The molecule has 2 aliphatic heterocycles. The molecule has 11 nitrogen and oxygen atoms in total. The predicted molar refractivity (Wildman–Crippen MR) is 107 cm³/mol. The van der Waals surface area contributed by atoms with E-state index in [0.29, 0.717) is 37.5 Å². The van der Waals surface area contributed by atoms with Crippen LogP contribution in [0, 0.1) is 5.41 Å². The monoisotopic (exact) mass is 426 g/mol. The summed E-state index contributed by atoms with van der Waals surface area (Å²) in [4.78, 5) is 39.5. The normalized spacial score (nSPS) is 20.4. The SMILES string of the molecule is O=C(NCC1CC2(CCOCC2)CN1C(=O)c1ccc2n[nH]c(=O)n2c1)c1ccon1. The third-order valence-corrected chi connectivity index (χ3v) is 6.26. The van der Waals surface area contributed by atoms with E-state index in [-0.39, 0.29) is 29.0 Å². The van der Waals surface area contributed by atoms with Gasteiger partial charge in [0.2, 0.25) is 0 Å². The lowest BCUT2D eigenvalue weighted by molar-refractivity contribution is 0.0190. The zero-order valence-corrected chi connectivity index (χ0v) is 16.7. The summed E-state index contributed by atoms with van der Waals surface area (Å²) in [5.74, 6) is -0.528. The first-order valence-electron chi connectivity index (χ1n) is 10.2. The molecule has 0 saturated carbocycles. The lowest BCUT2D eigenvalue weighted by Gasteiger charge is -2.33. The van der Waals surface area contributed by atoms with E-state index in [4.69, 9.17) is 9.26 Å². The van der Waals surface area contributed by atoms with E-state index in [9.17, 15) is 14.4 Å². The Morgan fingerprint density at radius 3 is 2.87 bits per heavy atom. The van der Waals surface area contributed by atoms with Crippen molar-refractivity contribution in [2.45, 2.75) is 25.3 Å². The minimum atomic E-state index is -0.400. The molecule has 1 unspecified atom stereocenters. The predicted octanol–water partition coefficient (Wildman–Crippen LogP) is 0.452. The highest BCUT2D eigenvalue weighted by Crippen LogP contribution is 2.43. The van der Waals surface area contributed by atoms with Gasteiger partial charge in [-0.1, -0.05) is 5.16 Å². The summed E-state index contributed by atoms with van der Waals surface area (Å²) in [5.41, 5.74) is 0.603. The summed E-state index contributed by atoms with van der Waals surface area (Å²) in [7, 11) is 0. The lowest BCUT2D eigenvalue weighted by Crippen LogP contribution is -2.43. The maximum atomic E-state index is 13.4. The molecule has 2 fully saturated rings. The summed E-state index contributed by atoms with van der Waals surface area (Å²) in [6.45, 7) is 2.21. The van der Waals surface area contributed by atoms with Gasteiger partial charge in [-0.15, -0.1) is 0 Å². The zero-order chi connectivity index (χ0) is 21.4. The molecule has 31 heavy (non-hydrogen) atoms. The minimum absolute atomic E-state index is 0.0340. The first-order valence-corrected chi connectivity index (χ1v) is 10.2. The molecule has 3 aromatic rings. The first-order chi connectivity index (χ1) is 15.0. The summed E-state index contributed by atoms with van der Waals surface area (Å²) >= 11 is 0. The van der Waals surface area contributed by atoms with Gasteiger partial charge in [-0.3, -0.25) is 9.59 Å². The molecule has 11 heteroatoms. The third-order valence-electron chi connectivity index (χ3n) is 6.26. The Hall–Kier alpha value is -3.47. The van der Waals surface area contributed by atoms with Gasteiger partial charge in [0.25, 0.3) is 11.8 Å². The maximum Gasteiger partial charge on any atom is 0.347 e. The van der Waals surface area contributed by atoms with Crippen LogP contribution in [0.5, 0.6) is 0 Å². The van der Waals surface area contributed by atoms with Crippen LogP contribution in [0.15, 0.2) is 40.0 Å². The van der Waals surface area contributed by atoms with Crippen LogP contribution in [0.25, 0.3) is 5.65 Å². The molecular weight excluding hydrogens is 404 g/mol. The van der Waals surface area contributed by atoms with Crippen molar-refractivity contribution in [1.29, 1.82) is 0 Å². The van der Waals surface area contributed by atoms with E-state index in [2.05, 4.69) is 20.7 Å². The van der Waals surface area contributed by atoms with Gasteiger partial charge in [0.05, 0.1) is 5.56 Å². The molecule has 1 spiro atoms. The molecule has 5 rings (SSSR count). The van der Waals surface area contributed by atoms with E-state index in [0.717, 1.165) is 19.3 Å². The summed E-state index contributed by atoms with van der Waals surface area (Å²) in [6.07, 6.45) is 5.35. The molecule has 0 aromatic carbocycles. The molecule has 0 radical (unpaired) electrons. The molecule has 2 saturated heterocycles. The van der Waals surface area contributed by atoms with Gasteiger partial charge in [0.1, 0.15) is 6.26 Å². The highest BCUT2D eigenvalue weighted by molar-refractivity contribution is 5.95. The lowest BCUT2D eigenvalue weighted by atomic mass is 9.78. The van der Waals surface area contributed by atoms with Crippen LogP contribution in [-0.2, 0) is 4.74 Å². The van der Waals surface area contributed by atoms with Gasteiger partial charge >= 0.3 is 5.69 Å². The van der Waals surface area contributed by atoms with Gasteiger partial charge in [0.15, 0.2) is 11.3 Å². The summed E-state index contributed by atoms with van der Waals surface area (Å²) in [6, 6.07) is 4.60. The number of carbonyl (C=O) groups is 2. The molecular formula is C20H22N6O5. The van der Waals surface area contributed by atoms with Gasteiger partial charge in [0, 0.05) is 44.6 Å². The standard InChI is InChI=1S/C20H22N6O5/c27-17(15-3-6-31-24-15)21-10-14-9-20(4-7-30-8-5-20)12-26(14)18(28)13-1-2-16-22-23-19(29)25(16)11-13/h1-3,6,11,14H,4-5,7-10,12H2,(H,21,27)(H,23,29). The van der Waals surface area contributed by atoms with E-state index in [1.54, 1.807) is 17.0 Å². The third kappa shape index (κ3) is 3.61. The Balaban J connectivity index is 1.39. The fraction of sp³-hybridized carbons (Fsp3) is 0.450. The number of aromatic amines is 1. The van der Waals surface area contributed by atoms with Gasteiger partial charge in [-0.2, -0.15) is 5.10 Å². The number of likely N-dealkylation sites (tertiary alicyclic amines) is 1. The molecule has 3 aromatic heterocycles. The van der Waals surface area contributed by atoms with Crippen molar-refractivity contribution in [1.82, 2.24) is 30.0 Å². The van der Waals surface area contributed by atoms with Crippen molar-refractivity contribution in [2.24, 2.45) is 5.41 Å². The molecule has 1 atom stereocenters. The van der Waals surface area contributed by atoms with Crippen LogP contribution in [0.1, 0.15) is 40.1 Å². The van der Waals surface area contributed by atoms with Crippen LogP contribution in [0.3, 0.4) is 0 Å². The number of hydrogen-bond donors (Lipinski definition) is 2. The molecule has 0 aliphatic carbocycles. The fourth-order valence-corrected chi connectivity index (χ4v) is 4.58. The van der Waals surface area contributed by atoms with E-state index >= 15 is 0 Å². The number of H-pyrrole nitrogens is 1. The second-order valence-corrected chi connectivity index (χ2v) is 8.17. The second kappa shape index (κ2) is 7.65. The van der Waals surface area contributed by atoms with Crippen LogP contribution >= 0.6 is 0 Å². The number of ether oxygens (including phenoxy) is 1. The van der Waals surface area contributed by atoms with Crippen molar-refractivity contribution in [3.05, 3.63) is 52.4 Å². The quantitative estimate of drug-likeness (QED) is 0.618. The largest absolute Gasteiger partial charge is 0.381 e. The van der Waals surface area contributed by atoms with E-state index in [1.165, 1.54) is 22.9 Å². The number of nitrogens with one attached hydrogen (secondary N) is 2. The van der Waals surface area contributed by atoms with Crippen molar-refractivity contribution in [2.75, 3.05) is 26.3 Å². The number of hydrogen-bond acceptors (Lipinski definition) is 7. The topological polar surface area (TPSA) is 135 Å². The molecule has 2 aliphatic rings. The minimum Gasteiger partial charge on any atom is -0.381 e. The number of rotatable bonds is 4. The summed E-state index contributed by atoms with van der Waals surface area (Å²) in [5, 5.41) is 12.8. The van der Waals surface area contributed by atoms with Crippen molar-refractivity contribution in [3.8, 4) is 0 Å². The molecule has 2 amide bonds. The Morgan fingerprint density at radius 2 is 2.10 bits per heavy atom. The number of nitrogens with zero attached hydrogens (tertiary/aromatic N) is 4.